The third-order valence-electron chi connectivity index (χ3n) is 3.24. The molecular formula is C16H12F4N2O4. The van der Waals surface area contributed by atoms with Gasteiger partial charge < -0.3 is 10.1 Å². The molecule has 0 spiro atoms. The van der Waals surface area contributed by atoms with Crippen molar-refractivity contribution in [3.63, 3.8) is 0 Å². The van der Waals surface area contributed by atoms with Crippen molar-refractivity contribution in [2.24, 2.45) is 0 Å². The van der Waals surface area contributed by atoms with Crippen LogP contribution in [0.3, 0.4) is 0 Å². The molecule has 0 radical (unpaired) electrons. The molecule has 1 amide bonds. The lowest BCUT2D eigenvalue weighted by atomic mass is 10.1. The Bertz CT molecular complexity index is 807. The quantitative estimate of drug-likeness (QED) is 0.364. The number of ether oxygens (including phenoxy) is 1. The normalized spacial score (nSPS) is 11.1. The van der Waals surface area contributed by atoms with Crippen LogP contribution in [-0.2, 0) is 6.18 Å². The summed E-state index contributed by atoms with van der Waals surface area (Å²) in [6, 6.07) is 6.52. The van der Waals surface area contributed by atoms with Crippen LogP contribution in [-0.4, -0.2) is 24.0 Å². The van der Waals surface area contributed by atoms with Crippen LogP contribution >= 0.6 is 0 Å². The molecular weight excluding hydrogens is 360 g/mol. The Morgan fingerprint density at radius 3 is 2.38 bits per heavy atom. The second-order valence-corrected chi connectivity index (χ2v) is 5.05. The van der Waals surface area contributed by atoms with Gasteiger partial charge in [0.1, 0.15) is 18.2 Å². The summed E-state index contributed by atoms with van der Waals surface area (Å²) in [6.07, 6.45) is -4.45. The number of carbonyl (C=O) groups excluding carboxylic acids is 1. The van der Waals surface area contributed by atoms with E-state index in [2.05, 4.69) is 5.32 Å². The zero-order chi connectivity index (χ0) is 19.3. The van der Waals surface area contributed by atoms with Crippen LogP contribution < -0.4 is 10.1 Å². The molecule has 0 saturated carbocycles. The van der Waals surface area contributed by atoms with Crippen LogP contribution in [0.25, 0.3) is 0 Å². The number of amides is 1. The standard InChI is InChI=1S/C16H12F4N2O4/c17-14-6-3-11(22(24)25)9-13(14)15(23)21-7-8-26-12-4-1-10(2-5-12)16(18,19)20/h1-6,9H,7-8H2,(H,21,23). The van der Waals surface area contributed by atoms with Gasteiger partial charge in [-0.2, -0.15) is 13.2 Å². The number of hydrogen-bond donors (Lipinski definition) is 1. The highest BCUT2D eigenvalue weighted by molar-refractivity contribution is 5.95. The Balaban J connectivity index is 1.87. The largest absolute Gasteiger partial charge is 0.492 e. The van der Waals surface area contributed by atoms with Crippen molar-refractivity contribution >= 4 is 11.6 Å². The molecule has 0 unspecified atom stereocenters. The Morgan fingerprint density at radius 1 is 1.15 bits per heavy atom. The Labute approximate surface area is 144 Å². The first-order valence-electron chi connectivity index (χ1n) is 7.20. The number of nitro benzene ring substituents is 1. The van der Waals surface area contributed by atoms with Crippen LogP contribution in [0.4, 0.5) is 23.2 Å². The second kappa shape index (κ2) is 7.81. The summed E-state index contributed by atoms with van der Waals surface area (Å²) in [5.41, 5.74) is -1.74. The number of nitro groups is 1. The zero-order valence-corrected chi connectivity index (χ0v) is 13.0. The smallest absolute Gasteiger partial charge is 0.416 e. The minimum atomic E-state index is -4.45. The molecule has 0 fully saturated rings. The monoisotopic (exact) mass is 372 g/mol. The molecule has 138 valence electrons. The predicted molar refractivity (Wildman–Crippen MR) is 82.3 cm³/mol. The maximum atomic E-state index is 13.6. The number of carbonyl (C=O) groups is 1. The Morgan fingerprint density at radius 2 is 1.81 bits per heavy atom. The van der Waals surface area contributed by atoms with Gasteiger partial charge in [-0.15, -0.1) is 0 Å². The van der Waals surface area contributed by atoms with Crippen LogP contribution in [0, 0.1) is 15.9 Å². The highest BCUT2D eigenvalue weighted by atomic mass is 19.4. The van der Waals surface area contributed by atoms with Gasteiger partial charge in [0.15, 0.2) is 0 Å². The van der Waals surface area contributed by atoms with Crippen molar-refractivity contribution in [3.8, 4) is 5.75 Å². The van der Waals surface area contributed by atoms with E-state index in [0.717, 1.165) is 42.5 Å². The summed E-state index contributed by atoms with van der Waals surface area (Å²) in [6.45, 7) is -0.171. The third-order valence-corrected chi connectivity index (χ3v) is 3.24. The van der Waals surface area contributed by atoms with Gasteiger partial charge in [0.2, 0.25) is 0 Å². The van der Waals surface area contributed by atoms with Gasteiger partial charge in [0, 0.05) is 12.1 Å². The fourth-order valence-corrected chi connectivity index (χ4v) is 1.97. The molecule has 1 N–H and O–H groups in total. The summed E-state index contributed by atoms with van der Waals surface area (Å²) >= 11 is 0. The lowest BCUT2D eigenvalue weighted by Crippen LogP contribution is -2.28. The number of nitrogens with zero attached hydrogens (tertiary/aromatic N) is 1. The highest BCUT2D eigenvalue weighted by Crippen LogP contribution is 2.30. The van der Waals surface area contributed by atoms with E-state index in [4.69, 9.17) is 4.74 Å². The number of halogens is 4. The molecule has 0 aliphatic rings. The number of non-ortho nitro benzene ring substituents is 1. The molecule has 26 heavy (non-hydrogen) atoms. The second-order valence-electron chi connectivity index (χ2n) is 5.05. The molecule has 2 rings (SSSR count). The van der Waals surface area contributed by atoms with Gasteiger partial charge in [-0.1, -0.05) is 0 Å². The summed E-state index contributed by atoms with van der Waals surface area (Å²) in [5.74, 6) is -1.63. The van der Waals surface area contributed by atoms with E-state index < -0.39 is 39.6 Å². The van der Waals surface area contributed by atoms with Gasteiger partial charge in [-0.25, -0.2) is 4.39 Å². The van der Waals surface area contributed by atoms with Gasteiger partial charge >= 0.3 is 6.18 Å². The third kappa shape index (κ3) is 4.91. The summed E-state index contributed by atoms with van der Waals surface area (Å²) in [7, 11) is 0. The number of alkyl halides is 3. The molecule has 2 aromatic carbocycles. The van der Waals surface area contributed by atoms with Crippen LogP contribution in [0.15, 0.2) is 42.5 Å². The summed E-state index contributed by atoms with van der Waals surface area (Å²) in [5, 5.41) is 13.0. The summed E-state index contributed by atoms with van der Waals surface area (Å²) < 4.78 is 56.0. The maximum Gasteiger partial charge on any atom is 0.416 e. The van der Waals surface area contributed by atoms with Gasteiger partial charge in [-0.05, 0) is 30.3 Å². The van der Waals surface area contributed by atoms with Crippen LogP contribution in [0.2, 0.25) is 0 Å². The van der Waals surface area contributed by atoms with E-state index in [1.165, 1.54) is 0 Å². The topological polar surface area (TPSA) is 81.5 Å². The number of benzene rings is 2. The van der Waals surface area contributed by atoms with E-state index in [1.807, 2.05) is 0 Å². The first kappa shape index (κ1) is 19.2. The van der Waals surface area contributed by atoms with Crippen molar-refractivity contribution in [2.75, 3.05) is 13.2 Å². The van der Waals surface area contributed by atoms with Crippen molar-refractivity contribution < 1.29 is 32.0 Å². The molecule has 0 aliphatic heterocycles. The molecule has 0 bridgehead atoms. The Kier molecular flexibility index (Phi) is 5.75. The van der Waals surface area contributed by atoms with Crippen molar-refractivity contribution in [3.05, 3.63) is 69.5 Å². The first-order chi connectivity index (χ1) is 12.2. The van der Waals surface area contributed by atoms with E-state index in [1.54, 1.807) is 0 Å². The molecule has 6 nitrogen and oxygen atoms in total. The molecule has 10 heteroatoms. The predicted octanol–water partition coefficient (Wildman–Crippen LogP) is 3.56. The molecule has 0 aliphatic carbocycles. The minimum absolute atomic E-state index is 0.0814. The van der Waals surface area contributed by atoms with Crippen molar-refractivity contribution in [1.29, 1.82) is 0 Å². The fourth-order valence-electron chi connectivity index (χ4n) is 1.97. The molecule has 0 aromatic heterocycles. The average molecular weight is 372 g/mol. The number of hydrogen-bond acceptors (Lipinski definition) is 4. The number of rotatable bonds is 6. The van der Waals surface area contributed by atoms with Gasteiger partial charge in [0.05, 0.1) is 22.6 Å². The average Bonchev–Trinajstić information content (AvgIpc) is 2.58. The molecule has 2 aromatic rings. The van der Waals surface area contributed by atoms with E-state index in [0.29, 0.717) is 0 Å². The van der Waals surface area contributed by atoms with E-state index in [9.17, 15) is 32.5 Å². The fraction of sp³-hybridized carbons (Fsp3) is 0.188. The lowest BCUT2D eigenvalue weighted by Gasteiger charge is -2.10. The summed E-state index contributed by atoms with van der Waals surface area (Å²) in [4.78, 5) is 21.7. The number of nitrogens with one attached hydrogen (secondary N) is 1. The first-order valence-corrected chi connectivity index (χ1v) is 7.20. The van der Waals surface area contributed by atoms with Crippen molar-refractivity contribution in [1.82, 2.24) is 5.32 Å². The molecule has 0 saturated heterocycles. The van der Waals surface area contributed by atoms with Gasteiger partial charge in [0.25, 0.3) is 11.6 Å². The Hall–Kier alpha value is -3.17. The minimum Gasteiger partial charge on any atom is -0.492 e. The van der Waals surface area contributed by atoms with Crippen molar-refractivity contribution in [2.45, 2.75) is 6.18 Å². The molecule has 0 heterocycles. The van der Waals surface area contributed by atoms with Gasteiger partial charge in [-0.3, -0.25) is 14.9 Å². The zero-order valence-electron chi connectivity index (χ0n) is 13.0. The SMILES string of the molecule is O=C(NCCOc1ccc(C(F)(F)F)cc1)c1cc([N+](=O)[O-])ccc1F. The van der Waals surface area contributed by atoms with E-state index >= 15 is 0 Å². The lowest BCUT2D eigenvalue weighted by molar-refractivity contribution is -0.384. The molecule has 0 atom stereocenters. The van der Waals surface area contributed by atoms with Crippen LogP contribution in [0.1, 0.15) is 15.9 Å². The maximum absolute atomic E-state index is 13.6. The van der Waals surface area contributed by atoms with Crippen LogP contribution in [0.5, 0.6) is 5.75 Å². The van der Waals surface area contributed by atoms with E-state index in [-0.39, 0.29) is 18.9 Å². The highest BCUT2D eigenvalue weighted by Gasteiger charge is 2.30.